The van der Waals surface area contributed by atoms with E-state index in [0.717, 1.165) is 10.2 Å². The molecule has 6 heteroatoms. The molecule has 0 fully saturated rings. The van der Waals surface area contributed by atoms with Crippen molar-refractivity contribution in [2.45, 2.75) is 6.73 Å². The second-order valence-corrected chi connectivity index (χ2v) is 4.45. The number of nitrogens with zero attached hydrogens (tertiary/aromatic N) is 2. The largest absolute Gasteiger partial charge is 0.471 e. The zero-order chi connectivity index (χ0) is 11.5. The lowest BCUT2D eigenvalue weighted by molar-refractivity contribution is 0.221. The smallest absolute Gasteiger partial charge is 0.181 e. The first-order valence-corrected chi connectivity index (χ1v) is 5.69. The summed E-state index contributed by atoms with van der Waals surface area (Å²) >= 11 is 9.11. The Kier molecular flexibility index (Phi) is 3.36. The van der Waals surface area contributed by atoms with Crippen molar-refractivity contribution in [1.82, 2.24) is 9.78 Å². The third-order valence-electron chi connectivity index (χ3n) is 1.92. The molecule has 0 aliphatic carbocycles. The summed E-state index contributed by atoms with van der Waals surface area (Å²) in [6, 6.07) is 7.52. The Morgan fingerprint density at radius 3 is 2.62 bits per heavy atom. The molecule has 0 spiro atoms. The summed E-state index contributed by atoms with van der Waals surface area (Å²) in [4.78, 5) is 0. The Balaban J connectivity index is 1.99. The molecule has 1 aromatic heterocycles. The van der Waals surface area contributed by atoms with Crippen molar-refractivity contribution < 1.29 is 4.74 Å². The maximum Gasteiger partial charge on any atom is 0.181 e. The number of halogens is 2. The van der Waals surface area contributed by atoms with Crippen molar-refractivity contribution in [3.05, 3.63) is 40.0 Å². The van der Waals surface area contributed by atoms with E-state index in [1.54, 1.807) is 10.9 Å². The van der Waals surface area contributed by atoms with E-state index in [4.69, 9.17) is 22.1 Å². The summed E-state index contributed by atoms with van der Waals surface area (Å²) in [5, 5.41) is 4.40. The highest BCUT2D eigenvalue weighted by atomic mass is 79.9. The number of aromatic nitrogens is 2. The molecular formula is C10H9BrClN3O. The highest BCUT2D eigenvalue weighted by Crippen LogP contribution is 2.18. The van der Waals surface area contributed by atoms with E-state index >= 15 is 0 Å². The third-order valence-corrected chi connectivity index (χ3v) is 2.74. The predicted molar refractivity (Wildman–Crippen MR) is 66.4 cm³/mol. The molecule has 0 atom stereocenters. The molecule has 0 aliphatic rings. The summed E-state index contributed by atoms with van der Waals surface area (Å²) < 4.78 is 8.03. The van der Waals surface area contributed by atoms with Crippen LogP contribution in [0.1, 0.15) is 0 Å². The van der Waals surface area contributed by atoms with Crippen molar-refractivity contribution in [3.63, 3.8) is 0 Å². The molecule has 2 N–H and O–H groups in total. The maximum absolute atomic E-state index is 5.76. The SMILES string of the molecule is Nc1nn(COc2ccc(Br)cc2)cc1Cl. The zero-order valence-corrected chi connectivity index (χ0v) is 10.6. The van der Waals surface area contributed by atoms with Gasteiger partial charge in [-0.05, 0) is 24.3 Å². The van der Waals surface area contributed by atoms with Crippen molar-refractivity contribution in [2.24, 2.45) is 0 Å². The van der Waals surface area contributed by atoms with Gasteiger partial charge in [0.15, 0.2) is 12.5 Å². The Morgan fingerprint density at radius 1 is 1.38 bits per heavy atom. The number of nitrogen functional groups attached to an aromatic ring is 1. The quantitative estimate of drug-likeness (QED) is 0.948. The first-order chi connectivity index (χ1) is 7.65. The van der Waals surface area contributed by atoms with Gasteiger partial charge in [0.1, 0.15) is 10.8 Å². The van der Waals surface area contributed by atoms with Crippen molar-refractivity contribution in [3.8, 4) is 5.75 Å². The molecule has 0 bridgehead atoms. The fraction of sp³-hybridized carbons (Fsp3) is 0.100. The molecule has 0 saturated carbocycles. The molecule has 0 radical (unpaired) electrons. The molecular weight excluding hydrogens is 293 g/mol. The fourth-order valence-electron chi connectivity index (χ4n) is 1.15. The van der Waals surface area contributed by atoms with E-state index in [9.17, 15) is 0 Å². The number of anilines is 1. The van der Waals surface area contributed by atoms with Gasteiger partial charge in [-0.3, -0.25) is 0 Å². The first kappa shape index (κ1) is 11.3. The van der Waals surface area contributed by atoms with Crippen LogP contribution in [-0.2, 0) is 6.73 Å². The van der Waals surface area contributed by atoms with Crippen molar-refractivity contribution in [2.75, 3.05) is 5.73 Å². The van der Waals surface area contributed by atoms with Crippen LogP contribution in [0, 0.1) is 0 Å². The Hall–Kier alpha value is -1.20. The second kappa shape index (κ2) is 4.76. The molecule has 1 heterocycles. The molecule has 0 saturated heterocycles. The lowest BCUT2D eigenvalue weighted by Crippen LogP contribution is -2.05. The first-order valence-electron chi connectivity index (χ1n) is 4.52. The summed E-state index contributed by atoms with van der Waals surface area (Å²) in [5.74, 6) is 1.06. The molecule has 16 heavy (non-hydrogen) atoms. The monoisotopic (exact) mass is 301 g/mol. The van der Waals surface area contributed by atoms with Crippen LogP contribution in [0.3, 0.4) is 0 Å². The van der Waals surface area contributed by atoms with Gasteiger partial charge in [0.05, 0.1) is 0 Å². The van der Waals surface area contributed by atoms with Crippen LogP contribution in [-0.4, -0.2) is 9.78 Å². The normalized spacial score (nSPS) is 10.4. The molecule has 0 unspecified atom stereocenters. The highest BCUT2D eigenvalue weighted by molar-refractivity contribution is 9.10. The average molecular weight is 303 g/mol. The van der Waals surface area contributed by atoms with Gasteiger partial charge in [-0.1, -0.05) is 27.5 Å². The van der Waals surface area contributed by atoms with Crippen molar-refractivity contribution in [1.29, 1.82) is 0 Å². The zero-order valence-electron chi connectivity index (χ0n) is 8.23. The van der Waals surface area contributed by atoms with Gasteiger partial charge in [-0.2, -0.15) is 5.10 Å². The van der Waals surface area contributed by atoms with E-state index in [2.05, 4.69) is 21.0 Å². The van der Waals surface area contributed by atoms with E-state index in [-0.39, 0.29) is 6.73 Å². The lowest BCUT2D eigenvalue weighted by atomic mass is 10.3. The molecule has 84 valence electrons. The van der Waals surface area contributed by atoms with E-state index in [0.29, 0.717) is 10.8 Å². The highest BCUT2D eigenvalue weighted by Gasteiger charge is 2.02. The number of hydrogen-bond donors (Lipinski definition) is 1. The molecule has 1 aromatic carbocycles. The number of ether oxygens (including phenoxy) is 1. The standard InChI is InChI=1S/C10H9BrClN3O/c11-7-1-3-8(4-2-7)16-6-15-5-9(12)10(13)14-15/h1-5H,6H2,(H2,13,14). The van der Waals surface area contributed by atoms with Gasteiger partial charge in [0, 0.05) is 10.7 Å². The van der Waals surface area contributed by atoms with Crippen molar-refractivity contribution >= 4 is 33.3 Å². The molecule has 0 amide bonds. The van der Waals surface area contributed by atoms with Gasteiger partial charge >= 0.3 is 0 Å². The molecule has 4 nitrogen and oxygen atoms in total. The van der Waals surface area contributed by atoms with Crippen LogP contribution in [0.4, 0.5) is 5.82 Å². The van der Waals surface area contributed by atoms with Crippen LogP contribution in [0.2, 0.25) is 5.02 Å². The minimum Gasteiger partial charge on any atom is -0.471 e. The van der Waals surface area contributed by atoms with E-state index < -0.39 is 0 Å². The molecule has 0 aliphatic heterocycles. The maximum atomic E-state index is 5.76. The average Bonchev–Trinajstić information content (AvgIpc) is 2.58. The summed E-state index contributed by atoms with van der Waals surface area (Å²) in [6.07, 6.45) is 1.62. The molecule has 2 rings (SSSR count). The third kappa shape index (κ3) is 2.68. The number of benzene rings is 1. The fourth-order valence-corrected chi connectivity index (χ4v) is 1.56. The topological polar surface area (TPSA) is 53.1 Å². The Bertz CT molecular complexity index is 464. The van der Waals surface area contributed by atoms with E-state index in [1.807, 2.05) is 24.3 Å². The summed E-state index contributed by atoms with van der Waals surface area (Å²) in [5.41, 5.74) is 5.50. The van der Waals surface area contributed by atoms with Gasteiger partial charge in [0.2, 0.25) is 0 Å². The number of nitrogens with two attached hydrogens (primary N) is 1. The Morgan fingerprint density at radius 2 is 2.06 bits per heavy atom. The minimum atomic E-state index is 0.276. The van der Waals surface area contributed by atoms with Gasteiger partial charge < -0.3 is 10.5 Å². The Labute approximate surface area is 106 Å². The van der Waals surface area contributed by atoms with Crippen LogP contribution < -0.4 is 10.5 Å². The summed E-state index contributed by atoms with van der Waals surface area (Å²) in [6.45, 7) is 0.276. The van der Waals surface area contributed by atoms with Crippen LogP contribution in [0.25, 0.3) is 0 Å². The number of rotatable bonds is 3. The van der Waals surface area contributed by atoms with Crippen LogP contribution in [0.5, 0.6) is 5.75 Å². The lowest BCUT2D eigenvalue weighted by Gasteiger charge is -2.05. The predicted octanol–water partition coefficient (Wildman–Crippen LogP) is 2.92. The van der Waals surface area contributed by atoms with Crippen LogP contribution >= 0.6 is 27.5 Å². The van der Waals surface area contributed by atoms with Gasteiger partial charge in [-0.15, -0.1) is 0 Å². The second-order valence-electron chi connectivity index (χ2n) is 3.13. The molecule has 2 aromatic rings. The van der Waals surface area contributed by atoms with Gasteiger partial charge in [-0.25, -0.2) is 4.68 Å². The minimum absolute atomic E-state index is 0.276. The number of hydrogen-bond acceptors (Lipinski definition) is 3. The van der Waals surface area contributed by atoms with E-state index in [1.165, 1.54) is 0 Å². The van der Waals surface area contributed by atoms with Gasteiger partial charge in [0.25, 0.3) is 0 Å². The van der Waals surface area contributed by atoms with Crippen LogP contribution in [0.15, 0.2) is 34.9 Å². The summed E-state index contributed by atoms with van der Waals surface area (Å²) in [7, 11) is 0.